The average molecular weight is 651 g/mol. The summed E-state index contributed by atoms with van der Waals surface area (Å²) in [6.07, 6.45) is -5.72. The van der Waals surface area contributed by atoms with E-state index in [1.165, 1.54) is 0 Å². The second-order valence-electron chi connectivity index (χ2n) is 6.63. The minimum atomic E-state index is -4.64. The van der Waals surface area contributed by atoms with Gasteiger partial charge in [-0.3, -0.25) is 0 Å². The van der Waals surface area contributed by atoms with Crippen molar-refractivity contribution in [1.82, 2.24) is 0 Å². The molecule has 0 spiro atoms. The highest BCUT2D eigenvalue weighted by atomic mass is 31.2. The van der Waals surface area contributed by atoms with Gasteiger partial charge in [0, 0.05) is 0 Å². The first-order valence-electron chi connectivity index (χ1n) is 11.0. The van der Waals surface area contributed by atoms with E-state index in [2.05, 4.69) is 0 Å². The highest BCUT2D eigenvalue weighted by Gasteiger charge is 2.00. The van der Waals surface area contributed by atoms with Crippen LogP contribution in [0, 0.1) is 0 Å². The average Bonchev–Trinajstić information content (AvgIpc) is 2.98. The molecule has 0 aromatic heterocycles. The SMILES string of the molecule is O=P(O)(O)O.OCC(O)CO.OCC(O)CO.OCC(O)CO.OCC(O)CO.OCC(O)CO.OCC(O)CO. The molecule has 0 saturated heterocycles. The molecule has 0 fully saturated rings. The maximum absolute atomic E-state index is 8.88. The molecule has 41 heavy (non-hydrogen) atoms. The molecule has 0 aliphatic rings. The molecular weight excluding hydrogens is 599 g/mol. The Morgan fingerprint density at radius 3 is 0.341 bits per heavy atom. The van der Waals surface area contributed by atoms with Crippen LogP contribution in [-0.2, 0) is 4.57 Å². The molecule has 0 rings (SSSR count). The standard InChI is InChI=1S/6C3H8O3.H3O4P/c6*4-1-3(6)2-5;1-5(2,3)4/h6*3-6H,1-2H2;(H3,1,2,3,4). The van der Waals surface area contributed by atoms with Crippen LogP contribution in [0.15, 0.2) is 0 Å². The van der Waals surface area contributed by atoms with Crippen molar-refractivity contribution in [2.45, 2.75) is 36.6 Å². The molecule has 0 unspecified atom stereocenters. The molecule has 0 bridgehead atoms. The third-order valence-corrected chi connectivity index (χ3v) is 2.53. The van der Waals surface area contributed by atoms with E-state index >= 15 is 0 Å². The highest BCUT2D eigenvalue weighted by molar-refractivity contribution is 7.45. The van der Waals surface area contributed by atoms with Crippen LogP contribution in [0.5, 0.6) is 0 Å². The minimum absolute atomic E-state index is 0.365. The highest BCUT2D eigenvalue weighted by Crippen LogP contribution is 2.25. The van der Waals surface area contributed by atoms with Gasteiger partial charge in [0.25, 0.3) is 0 Å². The van der Waals surface area contributed by atoms with Gasteiger partial charge in [0.2, 0.25) is 0 Å². The van der Waals surface area contributed by atoms with Crippen molar-refractivity contribution in [2.24, 2.45) is 0 Å². The van der Waals surface area contributed by atoms with E-state index in [4.69, 9.17) is 111 Å². The summed E-state index contributed by atoms with van der Waals surface area (Å²) in [7, 11) is -4.64. The Bertz CT molecular complexity index is 350. The van der Waals surface area contributed by atoms with Gasteiger partial charge in [-0.15, -0.1) is 0 Å². The first-order chi connectivity index (χ1) is 18.8. The Hall–Kier alpha value is -0.610. The number of hydrogen-bond donors (Lipinski definition) is 21. The predicted octanol–water partition coefficient (Wildman–Crippen LogP) is -10.9. The van der Waals surface area contributed by atoms with Gasteiger partial charge in [0.15, 0.2) is 0 Å². The van der Waals surface area contributed by atoms with E-state index in [0.29, 0.717) is 0 Å². The zero-order chi connectivity index (χ0) is 34.4. The topological polar surface area (TPSA) is 442 Å². The lowest BCUT2D eigenvalue weighted by atomic mass is 10.4. The van der Waals surface area contributed by atoms with Crippen LogP contribution in [0.3, 0.4) is 0 Å². The third kappa shape index (κ3) is 101. The molecule has 21 N–H and O–H groups in total. The fourth-order valence-corrected chi connectivity index (χ4v) is 0.346. The fourth-order valence-electron chi connectivity index (χ4n) is 0.346. The molecular formula is C18H51O22P. The Kier molecular flexibility index (Phi) is 63.5. The first kappa shape index (κ1) is 56.2. The molecule has 0 aliphatic heterocycles. The van der Waals surface area contributed by atoms with E-state index in [1.807, 2.05) is 0 Å². The number of rotatable bonds is 12. The summed E-state index contributed by atoms with van der Waals surface area (Å²) in [6.45, 7) is -4.37. The summed E-state index contributed by atoms with van der Waals surface area (Å²) in [6, 6.07) is 0. The quantitative estimate of drug-likeness (QED) is 0.0871. The summed E-state index contributed by atoms with van der Waals surface area (Å²) in [5, 5.41) is 144. The molecule has 0 radical (unpaired) electrons. The Labute approximate surface area is 235 Å². The Morgan fingerprint density at radius 2 is 0.341 bits per heavy atom. The molecule has 22 nitrogen and oxygen atoms in total. The van der Waals surface area contributed by atoms with E-state index in [-0.39, 0.29) is 79.3 Å². The second kappa shape index (κ2) is 46.4. The smallest absolute Gasteiger partial charge is 0.394 e. The Balaban J connectivity index is -0.0000000658. The lowest BCUT2D eigenvalue weighted by Crippen LogP contribution is -2.15. The van der Waals surface area contributed by atoms with Crippen molar-refractivity contribution in [3.8, 4) is 0 Å². The molecule has 0 aromatic carbocycles. The maximum atomic E-state index is 8.88. The van der Waals surface area contributed by atoms with Gasteiger partial charge in [-0.2, -0.15) is 0 Å². The lowest BCUT2D eigenvalue weighted by molar-refractivity contribution is 0.0450. The van der Waals surface area contributed by atoms with Gasteiger partial charge >= 0.3 is 7.82 Å². The van der Waals surface area contributed by atoms with Crippen LogP contribution in [0.2, 0.25) is 0 Å². The van der Waals surface area contributed by atoms with Crippen LogP contribution in [0.4, 0.5) is 0 Å². The summed E-state index contributed by atoms with van der Waals surface area (Å²) >= 11 is 0. The second-order valence-corrected chi connectivity index (χ2v) is 7.65. The molecule has 0 aliphatic carbocycles. The van der Waals surface area contributed by atoms with Crippen LogP contribution in [-0.4, -0.2) is 223 Å². The van der Waals surface area contributed by atoms with Crippen LogP contribution < -0.4 is 0 Å². The number of phosphoric acid groups is 1. The fraction of sp³-hybridized carbons (Fsp3) is 1.00. The van der Waals surface area contributed by atoms with Gasteiger partial charge in [0.1, 0.15) is 36.6 Å². The van der Waals surface area contributed by atoms with Crippen LogP contribution in [0.1, 0.15) is 0 Å². The summed E-state index contributed by atoms with van der Waals surface area (Å²) in [5.74, 6) is 0. The molecule has 0 amide bonds. The van der Waals surface area contributed by atoms with E-state index in [1.54, 1.807) is 0 Å². The number of hydrogen-bond acceptors (Lipinski definition) is 19. The van der Waals surface area contributed by atoms with Crippen molar-refractivity contribution in [3.05, 3.63) is 0 Å². The van der Waals surface area contributed by atoms with Gasteiger partial charge < -0.3 is 107 Å². The predicted molar refractivity (Wildman–Crippen MR) is 135 cm³/mol. The lowest BCUT2D eigenvalue weighted by Gasteiger charge is -1.96. The zero-order valence-corrected chi connectivity index (χ0v) is 23.1. The Morgan fingerprint density at radius 1 is 0.293 bits per heavy atom. The molecule has 0 aromatic rings. The monoisotopic (exact) mass is 650 g/mol. The van der Waals surface area contributed by atoms with Gasteiger partial charge in [-0.25, -0.2) is 4.57 Å². The summed E-state index contributed by atoms with van der Waals surface area (Å²) < 4.78 is 8.88. The van der Waals surface area contributed by atoms with E-state index in [9.17, 15) is 0 Å². The number of aliphatic hydroxyl groups is 18. The summed E-state index contributed by atoms with van der Waals surface area (Å²) in [4.78, 5) is 21.6. The van der Waals surface area contributed by atoms with Crippen LogP contribution >= 0.6 is 7.82 Å². The molecule has 23 heteroatoms. The minimum Gasteiger partial charge on any atom is -0.394 e. The maximum Gasteiger partial charge on any atom is 0.466 e. The zero-order valence-electron chi connectivity index (χ0n) is 22.2. The number of aliphatic hydroxyl groups excluding tert-OH is 18. The van der Waals surface area contributed by atoms with Crippen molar-refractivity contribution < 1.29 is 111 Å². The first-order valence-corrected chi connectivity index (χ1v) is 12.6. The molecule has 0 atom stereocenters. The van der Waals surface area contributed by atoms with E-state index in [0.717, 1.165) is 0 Å². The van der Waals surface area contributed by atoms with Crippen molar-refractivity contribution >= 4 is 7.82 Å². The normalized spacial score (nSPS) is 10.2. The van der Waals surface area contributed by atoms with Gasteiger partial charge in [0.05, 0.1) is 79.3 Å². The van der Waals surface area contributed by atoms with Crippen LogP contribution in [0.25, 0.3) is 0 Å². The van der Waals surface area contributed by atoms with Gasteiger partial charge in [-0.05, 0) is 0 Å². The van der Waals surface area contributed by atoms with Crippen molar-refractivity contribution in [2.75, 3.05) is 79.3 Å². The third-order valence-electron chi connectivity index (χ3n) is 2.53. The van der Waals surface area contributed by atoms with Crippen molar-refractivity contribution in [1.29, 1.82) is 0 Å². The van der Waals surface area contributed by atoms with E-state index < -0.39 is 44.4 Å². The summed E-state index contributed by atoms with van der Waals surface area (Å²) in [5.41, 5.74) is 0. The molecule has 0 saturated carbocycles. The molecule has 0 heterocycles. The van der Waals surface area contributed by atoms with Gasteiger partial charge in [-0.1, -0.05) is 0 Å². The largest absolute Gasteiger partial charge is 0.466 e. The molecule has 260 valence electrons. The van der Waals surface area contributed by atoms with Crippen molar-refractivity contribution in [3.63, 3.8) is 0 Å².